The van der Waals surface area contributed by atoms with Crippen LogP contribution in [-0.4, -0.2) is 34.9 Å². The number of unbranched alkanes of at least 4 members (excludes halogenated alkanes) is 5. The number of aliphatic hydroxyl groups excluding tert-OH is 2. The lowest BCUT2D eigenvalue weighted by Gasteiger charge is -2.32. The predicted molar refractivity (Wildman–Crippen MR) is 132 cm³/mol. The molecule has 1 amide bonds. The minimum atomic E-state index is -0.817. The third kappa shape index (κ3) is 9.01. The Kier molecular flexibility index (Phi) is 11.3. The van der Waals surface area contributed by atoms with Crippen molar-refractivity contribution in [3.05, 3.63) is 65.2 Å². The lowest BCUT2D eigenvalue weighted by Crippen LogP contribution is -2.46. The van der Waals surface area contributed by atoms with Gasteiger partial charge < -0.3 is 21.3 Å². The summed E-state index contributed by atoms with van der Waals surface area (Å²) >= 11 is 0. The van der Waals surface area contributed by atoms with Gasteiger partial charge in [0.05, 0.1) is 25.2 Å². The molecule has 0 bridgehead atoms. The fourth-order valence-corrected chi connectivity index (χ4v) is 3.93. The van der Waals surface area contributed by atoms with Crippen molar-refractivity contribution in [1.29, 1.82) is 0 Å². The summed E-state index contributed by atoms with van der Waals surface area (Å²) in [4.78, 5) is 11.1. The minimum absolute atomic E-state index is 0.178. The van der Waals surface area contributed by atoms with Crippen LogP contribution in [0.15, 0.2) is 48.5 Å². The first-order valence-corrected chi connectivity index (χ1v) is 11.9. The summed E-state index contributed by atoms with van der Waals surface area (Å²) in [5.74, 6) is -0.372. The van der Waals surface area contributed by atoms with Gasteiger partial charge in [0.1, 0.15) is 0 Å². The zero-order valence-electron chi connectivity index (χ0n) is 19.5. The highest BCUT2D eigenvalue weighted by Gasteiger charge is 2.28. The molecule has 0 atom stereocenters. The van der Waals surface area contributed by atoms with E-state index in [4.69, 9.17) is 5.73 Å². The SMILES string of the molecule is CCCCCCCCc1ccc(CCC(CO)(CO)Nc2ccc(CC(N)=O)cc2)cc1. The Hall–Kier alpha value is -2.37. The fraction of sp³-hybridized carbons (Fsp3) is 0.519. The minimum Gasteiger partial charge on any atom is -0.394 e. The van der Waals surface area contributed by atoms with Crippen molar-refractivity contribution < 1.29 is 15.0 Å². The average Bonchev–Trinajstić information content (AvgIpc) is 2.80. The molecule has 0 aliphatic carbocycles. The number of amides is 1. The Labute approximate surface area is 193 Å². The molecular formula is C27H40N2O3. The number of hydrogen-bond acceptors (Lipinski definition) is 4. The lowest BCUT2D eigenvalue weighted by molar-refractivity contribution is -0.117. The molecule has 2 aromatic rings. The summed E-state index contributed by atoms with van der Waals surface area (Å²) in [5.41, 5.74) is 8.61. The molecule has 5 heteroatoms. The molecule has 2 aromatic carbocycles. The standard InChI is InChI=1S/C27H40N2O3/c1-2-3-4-5-6-7-8-22-9-11-23(12-10-22)17-18-27(20-30,21-31)29-25-15-13-24(14-16-25)19-26(28)32/h9-16,29-31H,2-8,17-21H2,1H3,(H2,28,32). The molecule has 0 spiro atoms. The van der Waals surface area contributed by atoms with Gasteiger partial charge in [0.2, 0.25) is 5.91 Å². The highest BCUT2D eigenvalue weighted by Crippen LogP contribution is 2.22. The van der Waals surface area contributed by atoms with Gasteiger partial charge >= 0.3 is 0 Å². The van der Waals surface area contributed by atoms with E-state index in [0.717, 1.165) is 24.1 Å². The van der Waals surface area contributed by atoms with E-state index in [1.807, 2.05) is 24.3 Å². The average molecular weight is 441 g/mol. The number of benzene rings is 2. The summed E-state index contributed by atoms with van der Waals surface area (Å²) in [5, 5.41) is 23.3. The Morgan fingerprint density at radius 2 is 1.34 bits per heavy atom. The number of nitrogens with two attached hydrogens (primary N) is 1. The molecule has 5 nitrogen and oxygen atoms in total. The number of aryl methyl sites for hydroxylation is 2. The quantitative estimate of drug-likeness (QED) is 0.291. The van der Waals surface area contributed by atoms with Gasteiger partial charge in [-0.1, -0.05) is 75.4 Å². The maximum absolute atomic E-state index is 11.1. The van der Waals surface area contributed by atoms with Crippen LogP contribution in [-0.2, 0) is 24.1 Å². The van der Waals surface area contributed by atoms with E-state index in [-0.39, 0.29) is 25.5 Å². The molecule has 0 heterocycles. The summed E-state index contributed by atoms with van der Waals surface area (Å²) < 4.78 is 0. The molecule has 0 radical (unpaired) electrons. The van der Waals surface area contributed by atoms with E-state index in [1.54, 1.807) is 0 Å². The number of rotatable bonds is 16. The van der Waals surface area contributed by atoms with Crippen LogP contribution in [0.4, 0.5) is 5.69 Å². The van der Waals surface area contributed by atoms with E-state index in [9.17, 15) is 15.0 Å². The second kappa shape index (κ2) is 13.9. The van der Waals surface area contributed by atoms with Crippen molar-refractivity contribution in [1.82, 2.24) is 0 Å². The number of carbonyl (C=O) groups is 1. The summed E-state index contributed by atoms with van der Waals surface area (Å²) in [6, 6.07) is 16.1. The van der Waals surface area contributed by atoms with Crippen molar-refractivity contribution in [3.8, 4) is 0 Å². The molecule has 0 saturated carbocycles. The zero-order chi connectivity index (χ0) is 23.2. The monoisotopic (exact) mass is 440 g/mol. The Morgan fingerprint density at radius 1 is 0.812 bits per heavy atom. The van der Waals surface area contributed by atoms with Crippen LogP contribution in [0.3, 0.4) is 0 Å². The van der Waals surface area contributed by atoms with Crippen molar-refractivity contribution in [2.24, 2.45) is 5.73 Å². The van der Waals surface area contributed by atoms with E-state index in [1.165, 1.54) is 49.7 Å². The normalized spacial score (nSPS) is 11.5. The largest absolute Gasteiger partial charge is 0.394 e. The predicted octanol–water partition coefficient (Wildman–Crippen LogP) is 4.39. The van der Waals surface area contributed by atoms with Crippen molar-refractivity contribution in [3.63, 3.8) is 0 Å². The number of hydrogen-bond donors (Lipinski definition) is 4. The molecule has 0 aliphatic heterocycles. The zero-order valence-corrected chi connectivity index (χ0v) is 19.5. The van der Waals surface area contributed by atoms with Gasteiger partial charge in [0.15, 0.2) is 0 Å². The first-order valence-electron chi connectivity index (χ1n) is 11.9. The summed E-state index contributed by atoms with van der Waals surface area (Å²) in [7, 11) is 0. The van der Waals surface area contributed by atoms with Crippen molar-refractivity contribution in [2.75, 3.05) is 18.5 Å². The molecular weight excluding hydrogens is 400 g/mol. The Bertz CT molecular complexity index is 784. The molecule has 0 unspecified atom stereocenters. The third-order valence-corrected chi connectivity index (χ3v) is 6.08. The van der Waals surface area contributed by atoms with E-state index in [2.05, 4.69) is 36.5 Å². The number of carbonyl (C=O) groups excluding carboxylic acids is 1. The van der Waals surface area contributed by atoms with Gasteiger partial charge in [-0.15, -0.1) is 0 Å². The summed E-state index contributed by atoms with van der Waals surface area (Å²) in [6.45, 7) is 1.89. The number of primary amides is 1. The summed E-state index contributed by atoms with van der Waals surface area (Å²) in [6.07, 6.45) is 10.5. The van der Waals surface area contributed by atoms with Crippen LogP contribution in [0.1, 0.15) is 68.6 Å². The molecule has 0 aromatic heterocycles. The van der Waals surface area contributed by atoms with Crippen molar-refractivity contribution in [2.45, 2.75) is 76.7 Å². The maximum atomic E-state index is 11.1. The third-order valence-electron chi connectivity index (χ3n) is 6.08. The number of anilines is 1. The first kappa shape index (κ1) is 25.9. The van der Waals surface area contributed by atoms with Crippen molar-refractivity contribution >= 4 is 11.6 Å². The van der Waals surface area contributed by atoms with Gasteiger partial charge in [0.25, 0.3) is 0 Å². The van der Waals surface area contributed by atoms with Gasteiger partial charge in [-0.2, -0.15) is 0 Å². The number of aliphatic hydroxyl groups is 2. The van der Waals surface area contributed by atoms with Crippen LogP contribution in [0.2, 0.25) is 0 Å². The van der Waals surface area contributed by atoms with Crippen LogP contribution in [0.5, 0.6) is 0 Å². The maximum Gasteiger partial charge on any atom is 0.221 e. The molecule has 2 rings (SSSR count). The molecule has 32 heavy (non-hydrogen) atoms. The molecule has 5 N–H and O–H groups in total. The smallest absolute Gasteiger partial charge is 0.221 e. The van der Waals surface area contributed by atoms with Gasteiger partial charge in [-0.3, -0.25) is 4.79 Å². The second-order valence-corrected chi connectivity index (χ2v) is 8.90. The van der Waals surface area contributed by atoms with Crippen LogP contribution in [0, 0.1) is 0 Å². The van der Waals surface area contributed by atoms with Gasteiger partial charge in [-0.05, 0) is 54.5 Å². The lowest BCUT2D eigenvalue weighted by atomic mass is 9.91. The van der Waals surface area contributed by atoms with Gasteiger partial charge in [0, 0.05) is 5.69 Å². The fourth-order valence-electron chi connectivity index (χ4n) is 3.93. The molecule has 0 aliphatic rings. The van der Waals surface area contributed by atoms with Crippen LogP contribution in [0.25, 0.3) is 0 Å². The Balaban J connectivity index is 1.86. The van der Waals surface area contributed by atoms with Crippen LogP contribution >= 0.6 is 0 Å². The first-order chi connectivity index (χ1) is 15.5. The Morgan fingerprint density at radius 3 is 1.91 bits per heavy atom. The van der Waals surface area contributed by atoms with Gasteiger partial charge in [-0.25, -0.2) is 0 Å². The van der Waals surface area contributed by atoms with E-state index in [0.29, 0.717) is 6.42 Å². The topological polar surface area (TPSA) is 95.6 Å². The highest BCUT2D eigenvalue weighted by molar-refractivity contribution is 5.76. The second-order valence-electron chi connectivity index (χ2n) is 8.90. The molecule has 0 fully saturated rings. The molecule has 0 saturated heterocycles. The van der Waals surface area contributed by atoms with E-state index < -0.39 is 5.54 Å². The number of nitrogens with one attached hydrogen (secondary N) is 1. The van der Waals surface area contributed by atoms with E-state index >= 15 is 0 Å². The highest BCUT2D eigenvalue weighted by atomic mass is 16.3. The molecule has 176 valence electrons. The van der Waals surface area contributed by atoms with Crippen LogP contribution < -0.4 is 11.1 Å².